The second-order valence-electron chi connectivity index (χ2n) is 6.58. The quantitative estimate of drug-likeness (QED) is 0.313. The Kier molecular flexibility index (Phi) is 13.3. The molecule has 0 aliphatic heterocycles. The van der Waals surface area contributed by atoms with E-state index >= 15 is 0 Å². The van der Waals surface area contributed by atoms with Gasteiger partial charge in [-0.2, -0.15) is 0 Å². The van der Waals surface area contributed by atoms with Crippen LogP contribution in [0, 0.1) is 0 Å². The van der Waals surface area contributed by atoms with Gasteiger partial charge in [0, 0.05) is 6.61 Å². The first-order valence-electron chi connectivity index (χ1n) is 9.93. The molecule has 0 amide bonds. The molecule has 1 N–H and O–H groups in total. The smallest absolute Gasteiger partial charge is 0.225 e. The average Bonchev–Trinajstić information content (AvgIpc) is 2.58. The largest absolute Gasteiger partial charge is 0.396 e. The van der Waals surface area contributed by atoms with Gasteiger partial charge >= 0.3 is 0 Å². The summed E-state index contributed by atoms with van der Waals surface area (Å²) < 4.78 is 9.15. The zero-order valence-corrected chi connectivity index (χ0v) is 15.5. The molecule has 24 heavy (non-hydrogen) atoms. The third-order valence-electron chi connectivity index (χ3n) is 4.33. The topological polar surface area (TPSA) is 46.5 Å². The second-order valence-corrected chi connectivity index (χ2v) is 6.58. The molecule has 2 aromatic rings. The van der Waals surface area contributed by atoms with E-state index in [0.29, 0.717) is 6.61 Å². The SMILES string of the molecule is CCCCCCCCCCCCCCCO.c1ccc2ooc2c1. The first-order chi connectivity index (χ1) is 11.9. The Bertz CT molecular complexity index is 428. The van der Waals surface area contributed by atoms with E-state index in [4.69, 9.17) is 5.11 Å². The van der Waals surface area contributed by atoms with Crippen LogP contribution in [0.5, 0.6) is 0 Å². The minimum atomic E-state index is 0.373. The standard InChI is InChI=1S/C15H32O.C6H4O2/c1-2-3-4-5-6-7-8-9-10-11-12-13-14-15-16;1-2-4-6-5(3-1)7-8-6/h16H,2-15H2,1H3;1-4H. The van der Waals surface area contributed by atoms with Gasteiger partial charge in [0.1, 0.15) is 0 Å². The van der Waals surface area contributed by atoms with Crippen LogP contribution < -0.4 is 0 Å². The molecule has 138 valence electrons. The van der Waals surface area contributed by atoms with Crippen LogP contribution in [0.3, 0.4) is 0 Å². The van der Waals surface area contributed by atoms with E-state index in [1.165, 1.54) is 77.0 Å². The van der Waals surface area contributed by atoms with Crippen molar-refractivity contribution in [3.8, 4) is 0 Å². The van der Waals surface area contributed by atoms with Crippen LogP contribution >= 0.6 is 0 Å². The lowest BCUT2D eigenvalue weighted by Crippen LogP contribution is -1.84. The van der Waals surface area contributed by atoms with Crippen molar-refractivity contribution in [2.45, 2.75) is 90.4 Å². The Morgan fingerprint density at radius 1 is 0.625 bits per heavy atom. The predicted molar refractivity (Wildman–Crippen MR) is 101 cm³/mol. The molecule has 0 aliphatic rings. The highest BCUT2D eigenvalue weighted by Crippen LogP contribution is 2.15. The summed E-state index contributed by atoms with van der Waals surface area (Å²) in [6.07, 6.45) is 17.7. The zero-order chi connectivity index (χ0) is 17.3. The highest BCUT2D eigenvalue weighted by molar-refractivity contribution is 5.69. The van der Waals surface area contributed by atoms with Crippen LogP contribution in [0.25, 0.3) is 11.2 Å². The molecule has 0 radical (unpaired) electrons. The van der Waals surface area contributed by atoms with Crippen LogP contribution in [0.2, 0.25) is 0 Å². The molecule has 1 aromatic carbocycles. The molecule has 3 nitrogen and oxygen atoms in total. The third-order valence-corrected chi connectivity index (χ3v) is 4.33. The fourth-order valence-corrected chi connectivity index (χ4v) is 2.77. The number of aliphatic hydroxyl groups is 1. The molecule has 0 spiro atoms. The van der Waals surface area contributed by atoms with Crippen molar-refractivity contribution < 1.29 is 14.3 Å². The lowest BCUT2D eigenvalue weighted by molar-refractivity contribution is 0.0589. The molecule has 0 saturated heterocycles. The number of rotatable bonds is 13. The number of unbranched alkanes of at least 4 members (excludes halogenated alkanes) is 12. The van der Waals surface area contributed by atoms with Gasteiger partial charge in [0.05, 0.1) is 0 Å². The number of hydrogen-bond donors (Lipinski definition) is 1. The molecule has 0 unspecified atom stereocenters. The number of fused-ring (bicyclic) bond motifs is 1. The Morgan fingerprint density at radius 3 is 1.29 bits per heavy atom. The van der Waals surface area contributed by atoms with Gasteiger partial charge in [-0.3, -0.25) is 9.15 Å². The molecule has 1 heterocycles. The van der Waals surface area contributed by atoms with Crippen LogP contribution in [0.4, 0.5) is 0 Å². The maximum atomic E-state index is 8.63. The predicted octanol–water partition coefficient (Wildman–Crippen LogP) is 7.10. The molecule has 0 aliphatic carbocycles. The third kappa shape index (κ3) is 10.5. The Labute approximate surface area is 147 Å². The van der Waals surface area contributed by atoms with E-state index in [2.05, 4.69) is 16.1 Å². The number of para-hydroxylation sites is 2. The Balaban J connectivity index is 0.000000292. The summed E-state index contributed by atoms with van der Waals surface area (Å²) in [7, 11) is 0. The molecule has 0 atom stereocenters. The van der Waals surface area contributed by atoms with Gasteiger partial charge in [0.25, 0.3) is 0 Å². The monoisotopic (exact) mass is 336 g/mol. The second kappa shape index (κ2) is 15.3. The average molecular weight is 337 g/mol. The van der Waals surface area contributed by atoms with Gasteiger partial charge < -0.3 is 5.11 Å². The maximum absolute atomic E-state index is 8.63. The van der Waals surface area contributed by atoms with Gasteiger partial charge in [-0.15, -0.1) is 0 Å². The number of aliphatic hydroxyl groups excluding tert-OH is 1. The maximum Gasteiger partial charge on any atom is 0.225 e. The molecule has 2 rings (SSSR count). The molecular formula is C21H36O3. The highest BCUT2D eigenvalue weighted by Gasteiger charge is 1.98. The molecular weight excluding hydrogens is 300 g/mol. The van der Waals surface area contributed by atoms with E-state index < -0.39 is 0 Å². The summed E-state index contributed by atoms with van der Waals surface area (Å²) in [6, 6.07) is 7.53. The lowest BCUT2D eigenvalue weighted by Gasteiger charge is -2.02. The first kappa shape index (κ1) is 20.8. The van der Waals surface area contributed by atoms with Gasteiger partial charge in [0.2, 0.25) is 11.2 Å². The molecule has 0 saturated carbocycles. The summed E-state index contributed by atoms with van der Waals surface area (Å²) in [5.74, 6) is 0. The lowest BCUT2D eigenvalue weighted by atomic mass is 10.0. The fraction of sp³-hybridized carbons (Fsp3) is 0.714. The van der Waals surface area contributed by atoms with Crippen molar-refractivity contribution in [3.63, 3.8) is 0 Å². The van der Waals surface area contributed by atoms with E-state index in [9.17, 15) is 0 Å². The summed E-state index contributed by atoms with van der Waals surface area (Å²) in [4.78, 5) is 0. The van der Waals surface area contributed by atoms with E-state index in [-0.39, 0.29) is 0 Å². The van der Waals surface area contributed by atoms with Gasteiger partial charge in [0.15, 0.2) is 0 Å². The normalized spacial score (nSPS) is 10.8. The van der Waals surface area contributed by atoms with Gasteiger partial charge in [-0.25, -0.2) is 0 Å². The summed E-state index contributed by atoms with van der Waals surface area (Å²) in [5, 5.41) is 8.63. The van der Waals surface area contributed by atoms with Crippen LogP contribution in [0.15, 0.2) is 33.4 Å². The van der Waals surface area contributed by atoms with E-state index in [0.717, 1.165) is 17.6 Å². The van der Waals surface area contributed by atoms with Crippen LogP contribution in [0.1, 0.15) is 90.4 Å². The first-order valence-corrected chi connectivity index (χ1v) is 9.93. The Hall–Kier alpha value is -1.22. The van der Waals surface area contributed by atoms with Crippen molar-refractivity contribution in [3.05, 3.63) is 24.3 Å². The van der Waals surface area contributed by atoms with Crippen molar-refractivity contribution in [2.75, 3.05) is 6.61 Å². The zero-order valence-electron chi connectivity index (χ0n) is 15.5. The Morgan fingerprint density at radius 2 is 1.00 bits per heavy atom. The van der Waals surface area contributed by atoms with Gasteiger partial charge in [-0.1, -0.05) is 96.1 Å². The van der Waals surface area contributed by atoms with E-state index in [1.807, 2.05) is 24.3 Å². The summed E-state index contributed by atoms with van der Waals surface area (Å²) >= 11 is 0. The summed E-state index contributed by atoms with van der Waals surface area (Å²) in [5.41, 5.74) is 1.65. The minimum absolute atomic E-state index is 0.373. The van der Waals surface area contributed by atoms with Crippen LogP contribution in [-0.4, -0.2) is 11.7 Å². The van der Waals surface area contributed by atoms with E-state index in [1.54, 1.807) is 0 Å². The van der Waals surface area contributed by atoms with Crippen molar-refractivity contribution in [2.24, 2.45) is 0 Å². The van der Waals surface area contributed by atoms with Gasteiger partial charge in [-0.05, 0) is 18.6 Å². The molecule has 0 bridgehead atoms. The highest BCUT2D eigenvalue weighted by atomic mass is 17.0. The van der Waals surface area contributed by atoms with Crippen LogP contribution in [-0.2, 0) is 0 Å². The molecule has 3 heteroatoms. The minimum Gasteiger partial charge on any atom is -0.396 e. The molecule has 1 aromatic heterocycles. The number of hydrogen-bond acceptors (Lipinski definition) is 3. The number of benzene rings is 1. The van der Waals surface area contributed by atoms with Crippen molar-refractivity contribution in [1.82, 2.24) is 0 Å². The fourth-order valence-electron chi connectivity index (χ4n) is 2.77. The summed E-state index contributed by atoms with van der Waals surface area (Å²) in [6.45, 7) is 2.65. The van der Waals surface area contributed by atoms with Crippen molar-refractivity contribution >= 4 is 11.2 Å². The molecule has 0 fully saturated rings. The van der Waals surface area contributed by atoms with Crippen molar-refractivity contribution in [1.29, 1.82) is 0 Å².